The SMILES string of the molecule is CCCCOC(=O)CN(c1ccc2c(ccn2-c2ccc3nc(C)ccc3c2)c1)S(=O)(=O)c1cc(Cl)cc(Cl)c1. The molecule has 2 aromatic heterocycles. The van der Waals surface area contributed by atoms with Gasteiger partial charge in [-0.05, 0) is 80.1 Å². The lowest BCUT2D eigenvalue weighted by molar-refractivity contribution is -0.141. The number of fused-ring (bicyclic) bond motifs is 2. The van der Waals surface area contributed by atoms with Gasteiger partial charge in [-0.25, -0.2) is 8.42 Å². The number of carbonyl (C=O) groups excluding carboxylic acids is 1. The third-order valence-electron chi connectivity index (χ3n) is 6.51. The standard InChI is InChI=1S/C30H27Cl2N3O4S/c1-3-4-13-39-30(36)19-35(40(37,38)27-17-23(31)16-24(32)18-27)26-8-10-29-22(15-26)11-12-34(29)25-7-9-28-21(14-25)6-5-20(2)33-28/h5-12,14-18H,3-4,13,19H2,1-2H3. The van der Waals surface area contributed by atoms with Crippen LogP contribution in [-0.4, -0.2) is 37.1 Å². The van der Waals surface area contributed by atoms with Gasteiger partial charge in [-0.15, -0.1) is 0 Å². The van der Waals surface area contributed by atoms with Crippen LogP contribution in [0.4, 0.5) is 5.69 Å². The Balaban J connectivity index is 1.55. The van der Waals surface area contributed by atoms with Crippen molar-refractivity contribution < 1.29 is 17.9 Å². The lowest BCUT2D eigenvalue weighted by atomic mass is 10.1. The van der Waals surface area contributed by atoms with E-state index in [2.05, 4.69) is 11.1 Å². The van der Waals surface area contributed by atoms with E-state index in [0.717, 1.165) is 43.9 Å². The van der Waals surface area contributed by atoms with E-state index in [4.69, 9.17) is 27.9 Å². The van der Waals surface area contributed by atoms with Crippen LogP contribution in [0.25, 0.3) is 27.5 Å². The summed E-state index contributed by atoms with van der Waals surface area (Å²) in [4.78, 5) is 17.2. The molecule has 3 aromatic carbocycles. The number of anilines is 1. The van der Waals surface area contributed by atoms with Crippen molar-refractivity contribution >= 4 is 66.7 Å². The zero-order valence-corrected chi connectivity index (χ0v) is 24.3. The molecule has 0 saturated carbocycles. The second kappa shape index (κ2) is 11.5. The highest BCUT2D eigenvalue weighted by atomic mass is 35.5. The van der Waals surface area contributed by atoms with E-state index in [1.807, 2.05) is 61.0 Å². The molecule has 0 fully saturated rings. The molecular formula is C30H27Cl2N3O4S. The number of hydrogen-bond donors (Lipinski definition) is 0. The normalized spacial score (nSPS) is 11.7. The molecule has 10 heteroatoms. The maximum atomic E-state index is 13.8. The number of esters is 1. The van der Waals surface area contributed by atoms with Gasteiger partial charge in [0.1, 0.15) is 6.54 Å². The summed E-state index contributed by atoms with van der Waals surface area (Å²) < 4.78 is 36.0. The van der Waals surface area contributed by atoms with Crippen LogP contribution in [0.5, 0.6) is 0 Å². The Morgan fingerprint density at radius 2 is 1.73 bits per heavy atom. The average Bonchev–Trinajstić information content (AvgIpc) is 3.34. The molecular weight excluding hydrogens is 569 g/mol. The predicted molar refractivity (Wildman–Crippen MR) is 160 cm³/mol. The van der Waals surface area contributed by atoms with Crippen LogP contribution in [0.15, 0.2) is 83.9 Å². The molecule has 2 heterocycles. The number of benzene rings is 3. The number of aryl methyl sites for hydroxylation is 1. The van der Waals surface area contributed by atoms with Crippen LogP contribution >= 0.6 is 23.2 Å². The molecule has 0 spiro atoms. The number of ether oxygens (including phenoxy) is 1. The van der Waals surface area contributed by atoms with Gasteiger partial charge >= 0.3 is 5.97 Å². The maximum absolute atomic E-state index is 13.8. The van der Waals surface area contributed by atoms with E-state index in [9.17, 15) is 13.2 Å². The van der Waals surface area contributed by atoms with Crippen LogP contribution in [0.1, 0.15) is 25.5 Å². The van der Waals surface area contributed by atoms with Gasteiger partial charge in [0.05, 0.1) is 28.2 Å². The minimum Gasteiger partial charge on any atom is -0.464 e. The number of aromatic nitrogens is 2. The van der Waals surface area contributed by atoms with Gasteiger partial charge in [0.15, 0.2) is 0 Å². The van der Waals surface area contributed by atoms with Crippen molar-refractivity contribution in [2.75, 3.05) is 17.5 Å². The summed E-state index contributed by atoms with van der Waals surface area (Å²) in [6.45, 7) is 3.65. The molecule has 0 saturated heterocycles. The van der Waals surface area contributed by atoms with Crippen molar-refractivity contribution in [2.45, 2.75) is 31.6 Å². The first-order valence-corrected chi connectivity index (χ1v) is 15.0. The summed E-state index contributed by atoms with van der Waals surface area (Å²) in [6, 6.07) is 21.2. The highest BCUT2D eigenvalue weighted by Gasteiger charge is 2.29. The molecule has 0 radical (unpaired) electrons. The van der Waals surface area contributed by atoms with E-state index >= 15 is 0 Å². The minimum absolute atomic E-state index is 0.121. The second-order valence-electron chi connectivity index (χ2n) is 9.45. The zero-order chi connectivity index (χ0) is 28.4. The van der Waals surface area contributed by atoms with Gasteiger partial charge in [0.2, 0.25) is 0 Å². The molecule has 40 heavy (non-hydrogen) atoms. The summed E-state index contributed by atoms with van der Waals surface area (Å²) in [6.07, 6.45) is 3.45. The number of sulfonamides is 1. The number of nitrogens with zero attached hydrogens (tertiary/aromatic N) is 3. The molecule has 0 atom stereocenters. The Morgan fingerprint density at radius 1 is 0.950 bits per heavy atom. The summed E-state index contributed by atoms with van der Waals surface area (Å²) in [5, 5.41) is 2.15. The van der Waals surface area contributed by atoms with Crippen molar-refractivity contribution in [3.05, 3.63) is 94.7 Å². The number of carbonyl (C=O) groups is 1. The summed E-state index contributed by atoms with van der Waals surface area (Å²) in [5.74, 6) is -0.650. The third-order valence-corrected chi connectivity index (χ3v) is 8.70. The van der Waals surface area contributed by atoms with E-state index in [-0.39, 0.29) is 21.5 Å². The topological polar surface area (TPSA) is 81.5 Å². The van der Waals surface area contributed by atoms with Crippen molar-refractivity contribution in [2.24, 2.45) is 0 Å². The molecule has 5 aromatic rings. The fraction of sp³-hybridized carbons (Fsp3) is 0.200. The van der Waals surface area contributed by atoms with Gasteiger partial charge in [-0.2, -0.15) is 0 Å². The first-order chi connectivity index (χ1) is 19.2. The molecule has 0 aliphatic carbocycles. The van der Waals surface area contributed by atoms with Crippen molar-refractivity contribution in [1.29, 1.82) is 0 Å². The van der Waals surface area contributed by atoms with Gasteiger partial charge in [0.25, 0.3) is 10.0 Å². The molecule has 0 N–H and O–H groups in total. The maximum Gasteiger partial charge on any atom is 0.326 e. The molecule has 5 rings (SSSR count). The second-order valence-corrected chi connectivity index (χ2v) is 12.2. The largest absolute Gasteiger partial charge is 0.464 e. The average molecular weight is 597 g/mol. The first kappa shape index (κ1) is 28.0. The number of hydrogen-bond acceptors (Lipinski definition) is 5. The number of pyridine rings is 1. The Hall–Kier alpha value is -3.59. The quantitative estimate of drug-likeness (QED) is 0.131. The van der Waals surface area contributed by atoms with Crippen molar-refractivity contribution in [1.82, 2.24) is 9.55 Å². The fourth-order valence-electron chi connectivity index (χ4n) is 4.49. The Labute approximate surface area is 243 Å². The van der Waals surface area contributed by atoms with E-state index < -0.39 is 22.5 Å². The number of unbranched alkanes of at least 4 members (excludes halogenated alkanes) is 1. The highest BCUT2D eigenvalue weighted by Crippen LogP contribution is 2.32. The van der Waals surface area contributed by atoms with E-state index in [0.29, 0.717) is 12.1 Å². The van der Waals surface area contributed by atoms with Crippen LogP contribution in [0.3, 0.4) is 0 Å². The lowest BCUT2D eigenvalue weighted by Crippen LogP contribution is -2.36. The monoisotopic (exact) mass is 595 g/mol. The molecule has 7 nitrogen and oxygen atoms in total. The van der Waals surface area contributed by atoms with E-state index in [1.165, 1.54) is 18.2 Å². The smallest absolute Gasteiger partial charge is 0.326 e. The molecule has 206 valence electrons. The van der Waals surface area contributed by atoms with Crippen LogP contribution in [-0.2, 0) is 19.6 Å². The molecule has 0 bridgehead atoms. The Kier molecular flexibility index (Phi) is 8.03. The van der Waals surface area contributed by atoms with Gasteiger partial charge in [0, 0.05) is 38.4 Å². The Morgan fingerprint density at radius 3 is 2.48 bits per heavy atom. The lowest BCUT2D eigenvalue weighted by Gasteiger charge is -2.24. The summed E-state index contributed by atoms with van der Waals surface area (Å²) in [5.41, 5.74) is 3.99. The van der Waals surface area contributed by atoms with Crippen LogP contribution < -0.4 is 4.31 Å². The van der Waals surface area contributed by atoms with Gasteiger partial charge < -0.3 is 9.30 Å². The number of rotatable bonds is 9. The molecule has 0 unspecified atom stereocenters. The summed E-state index contributed by atoms with van der Waals surface area (Å²) >= 11 is 12.2. The van der Waals surface area contributed by atoms with Crippen molar-refractivity contribution in [3.8, 4) is 5.69 Å². The van der Waals surface area contributed by atoms with Crippen LogP contribution in [0.2, 0.25) is 10.0 Å². The highest BCUT2D eigenvalue weighted by molar-refractivity contribution is 7.92. The molecule has 0 amide bonds. The minimum atomic E-state index is -4.22. The number of halogens is 2. The van der Waals surface area contributed by atoms with Gasteiger partial charge in [-0.1, -0.05) is 42.6 Å². The summed E-state index contributed by atoms with van der Waals surface area (Å²) in [7, 11) is -4.22. The van der Waals surface area contributed by atoms with Gasteiger partial charge in [-0.3, -0.25) is 14.1 Å². The van der Waals surface area contributed by atoms with Crippen molar-refractivity contribution in [3.63, 3.8) is 0 Å². The Bertz CT molecular complexity index is 1820. The first-order valence-electron chi connectivity index (χ1n) is 12.8. The van der Waals surface area contributed by atoms with Crippen LogP contribution in [0, 0.1) is 6.92 Å². The zero-order valence-electron chi connectivity index (χ0n) is 22.0. The third kappa shape index (κ3) is 5.80. The van der Waals surface area contributed by atoms with E-state index in [1.54, 1.807) is 12.1 Å². The molecule has 0 aliphatic heterocycles. The molecule has 0 aliphatic rings. The predicted octanol–water partition coefficient (Wildman–Crippen LogP) is 7.33. The fourth-order valence-corrected chi connectivity index (χ4v) is 6.62.